The Morgan fingerprint density at radius 1 is 1.17 bits per heavy atom. The van der Waals surface area contributed by atoms with Crippen molar-refractivity contribution in [3.05, 3.63) is 35.9 Å². The monoisotopic (exact) mass is 318 g/mol. The number of hydrogen-bond acceptors (Lipinski definition) is 3. The minimum Gasteiger partial charge on any atom is -0.450 e. The van der Waals surface area contributed by atoms with Crippen molar-refractivity contribution in [2.24, 2.45) is 5.92 Å². The Labute approximate surface area is 138 Å². The van der Waals surface area contributed by atoms with E-state index in [9.17, 15) is 9.59 Å². The predicted molar refractivity (Wildman–Crippen MR) is 88.9 cm³/mol. The number of amides is 2. The topological polar surface area (TPSA) is 49.9 Å². The summed E-state index contributed by atoms with van der Waals surface area (Å²) < 4.78 is 5.02. The van der Waals surface area contributed by atoms with Gasteiger partial charge in [-0.1, -0.05) is 30.3 Å². The molecule has 0 atom stereocenters. The van der Waals surface area contributed by atoms with Crippen LogP contribution in [0.1, 0.15) is 32.3 Å². The van der Waals surface area contributed by atoms with Crippen LogP contribution in [0.2, 0.25) is 0 Å². The second kappa shape index (κ2) is 8.56. The molecule has 1 saturated heterocycles. The summed E-state index contributed by atoms with van der Waals surface area (Å²) in [5.41, 5.74) is 1.15. The molecule has 126 valence electrons. The molecule has 5 heteroatoms. The summed E-state index contributed by atoms with van der Waals surface area (Å²) >= 11 is 0. The molecule has 0 unspecified atom stereocenters. The van der Waals surface area contributed by atoms with Crippen molar-refractivity contribution in [1.29, 1.82) is 0 Å². The zero-order valence-electron chi connectivity index (χ0n) is 14.0. The Morgan fingerprint density at radius 3 is 2.39 bits per heavy atom. The fourth-order valence-corrected chi connectivity index (χ4v) is 2.93. The Bertz CT molecular complexity index is 510. The van der Waals surface area contributed by atoms with E-state index in [1.54, 1.807) is 11.8 Å². The van der Waals surface area contributed by atoms with Crippen LogP contribution in [0, 0.1) is 5.92 Å². The molecule has 0 spiro atoms. The number of hydrogen-bond donors (Lipinski definition) is 0. The highest BCUT2D eigenvalue weighted by Crippen LogP contribution is 2.21. The molecule has 5 nitrogen and oxygen atoms in total. The molecule has 2 rings (SSSR count). The van der Waals surface area contributed by atoms with Crippen molar-refractivity contribution in [2.75, 3.05) is 26.2 Å². The maximum Gasteiger partial charge on any atom is 0.409 e. The third kappa shape index (κ3) is 4.71. The highest BCUT2D eigenvalue weighted by atomic mass is 16.6. The molecule has 0 aromatic heterocycles. The predicted octanol–water partition coefficient (Wildman–Crippen LogP) is 2.90. The fraction of sp³-hybridized carbons (Fsp3) is 0.556. The van der Waals surface area contributed by atoms with Gasteiger partial charge in [-0.2, -0.15) is 0 Å². The highest BCUT2D eigenvalue weighted by Gasteiger charge is 2.30. The molecule has 0 aliphatic carbocycles. The summed E-state index contributed by atoms with van der Waals surface area (Å²) in [5, 5.41) is 0. The molecular formula is C18H26N2O3. The largest absolute Gasteiger partial charge is 0.450 e. The van der Waals surface area contributed by atoms with Crippen molar-refractivity contribution >= 4 is 12.0 Å². The lowest BCUT2D eigenvalue weighted by molar-refractivity contribution is -0.137. The molecule has 0 bridgehead atoms. The van der Waals surface area contributed by atoms with Crippen molar-refractivity contribution in [1.82, 2.24) is 9.80 Å². The first kappa shape index (κ1) is 17.3. The first-order chi connectivity index (χ1) is 11.2. The third-order valence-electron chi connectivity index (χ3n) is 4.28. The summed E-state index contributed by atoms with van der Waals surface area (Å²) in [7, 11) is 0. The van der Waals surface area contributed by atoms with E-state index in [0.29, 0.717) is 45.6 Å². The summed E-state index contributed by atoms with van der Waals surface area (Å²) in [6.45, 7) is 6.74. The molecule has 1 aromatic carbocycles. The van der Waals surface area contributed by atoms with E-state index in [2.05, 4.69) is 0 Å². The van der Waals surface area contributed by atoms with Gasteiger partial charge in [0.1, 0.15) is 0 Å². The molecular weight excluding hydrogens is 292 g/mol. The molecule has 0 saturated carbocycles. The standard InChI is InChI=1S/C18H26N2O3/c1-3-19(14-15-8-6-5-7-9-15)17(21)16-10-12-20(13-11-16)18(22)23-4-2/h5-9,16H,3-4,10-14H2,1-2H3. The number of carbonyl (C=O) groups excluding carboxylic acids is 2. The second-order valence-corrected chi connectivity index (χ2v) is 5.80. The summed E-state index contributed by atoms with van der Waals surface area (Å²) in [6, 6.07) is 10.0. The zero-order valence-corrected chi connectivity index (χ0v) is 14.0. The molecule has 1 aliphatic heterocycles. The van der Waals surface area contributed by atoms with Gasteiger partial charge in [-0.3, -0.25) is 4.79 Å². The van der Waals surface area contributed by atoms with Crippen LogP contribution in [0.5, 0.6) is 0 Å². The van der Waals surface area contributed by atoms with Gasteiger partial charge in [0.15, 0.2) is 0 Å². The first-order valence-electron chi connectivity index (χ1n) is 8.40. The molecule has 1 aliphatic rings. The third-order valence-corrected chi connectivity index (χ3v) is 4.28. The Kier molecular flexibility index (Phi) is 6.44. The van der Waals surface area contributed by atoms with Gasteiger partial charge < -0.3 is 14.5 Å². The van der Waals surface area contributed by atoms with E-state index in [1.807, 2.05) is 42.2 Å². The summed E-state index contributed by atoms with van der Waals surface area (Å²) in [6.07, 6.45) is 1.15. The summed E-state index contributed by atoms with van der Waals surface area (Å²) in [4.78, 5) is 28.0. The van der Waals surface area contributed by atoms with Gasteiger partial charge in [0, 0.05) is 32.1 Å². The summed E-state index contributed by atoms with van der Waals surface area (Å²) in [5.74, 6) is 0.198. The Hall–Kier alpha value is -2.04. The molecule has 0 N–H and O–H groups in total. The maximum atomic E-state index is 12.7. The molecule has 0 radical (unpaired) electrons. The van der Waals surface area contributed by atoms with Crippen LogP contribution in [-0.2, 0) is 16.1 Å². The van der Waals surface area contributed by atoms with Crippen LogP contribution in [0.15, 0.2) is 30.3 Å². The first-order valence-corrected chi connectivity index (χ1v) is 8.40. The molecule has 1 aromatic rings. The molecule has 23 heavy (non-hydrogen) atoms. The average molecular weight is 318 g/mol. The molecule has 1 fully saturated rings. The number of carbonyl (C=O) groups is 2. The van der Waals surface area contributed by atoms with E-state index in [1.165, 1.54) is 0 Å². The van der Waals surface area contributed by atoms with E-state index in [-0.39, 0.29) is 17.9 Å². The lowest BCUT2D eigenvalue weighted by Crippen LogP contribution is -2.44. The van der Waals surface area contributed by atoms with Gasteiger partial charge >= 0.3 is 6.09 Å². The number of piperidine rings is 1. The zero-order chi connectivity index (χ0) is 16.7. The van der Waals surface area contributed by atoms with Gasteiger partial charge in [-0.25, -0.2) is 4.79 Å². The molecule has 2 amide bonds. The van der Waals surface area contributed by atoms with Crippen LogP contribution >= 0.6 is 0 Å². The highest BCUT2D eigenvalue weighted by molar-refractivity contribution is 5.79. The van der Waals surface area contributed by atoms with E-state index < -0.39 is 0 Å². The van der Waals surface area contributed by atoms with Gasteiger partial charge in [0.05, 0.1) is 6.61 Å². The van der Waals surface area contributed by atoms with Crippen LogP contribution < -0.4 is 0 Å². The quantitative estimate of drug-likeness (QED) is 0.839. The number of likely N-dealkylation sites (tertiary alicyclic amines) is 1. The lowest BCUT2D eigenvalue weighted by Gasteiger charge is -2.33. The van der Waals surface area contributed by atoms with Crippen molar-refractivity contribution < 1.29 is 14.3 Å². The lowest BCUT2D eigenvalue weighted by atomic mass is 9.95. The normalized spacial score (nSPS) is 15.3. The average Bonchev–Trinajstić information content (AvgIpc) is 2.60. The fourth-order valence-electron chi connectivity index (χ4n) is 2.93. The number of ether oxygens (including phenoxy) is 1. The Morgan fingerprint density at radius 2 is 1.83 bits per heavy atom. The SMILES string of the molecule is CCOC(=O)N1CCC(C(=O)N(CC)Cc2ccccc2)CC1. The van der Waals surface area contributed by atoms with Crippen molar-refractivity contribution in [2.45, 2.75) is 33.2 Å². The minimum atomic E-state index is -0.268. The molecule has 1 heterocycles. The Balaban J connectivity index is 1.88. The number of benzene rings is 1. The number of nitrogens with zero attached hydrogens (tertiary/aromatic N) is 2. The van der Waals surface area contributed by atoms with E-state index in [0.717, 1.165) is 5.56 Å². The maximum absolute atomic E-state index is 12.7. The van der Waals surface area contributed by atoms with Crippen molar-refractivity contribution in [3.63, 3.8) is 0 Å². The van der Waals surface area contributed by atoms with Crippen LogP contribution in [0.3, 0.4) is 0 Å². The van der Waals surface area contributed by atoms with E-state index in [4.69, 9.17) is 4.74 Å². The van der Waals surface area contributed by atoms with Gasteiger partial charge in [-0.15, -0.1) is 0 Å². The van der Waals surface area contributed by atoms with Gasteiger partial charge in [0.25, 0.3) is 0 Å². The van der Waals surface area contributed by atoms with Crippen LogP contribution in [-0.4, -0.2) is 48.0 Å². The van der Waals surface area contributed by atoms with E-state index >= 15 is 0 Å². The van der Waals surface area contributed by atoms with Crippen molar-refractivity contribution in [3.8, 4) is 0 Å². The second-order valence-electron chi connectivity index (χ2n) is 5.80. The van der Waals surface area contributed by atoms with Gasteiger partial charge in [0.2, 0.25) is 5.91 Å². The van der Waals surface area contributed by atoms with Gasteiger partial charge in [-0.05, 0) is 32.3 Å². The number of rotatable bonds is 5. The van der Waals surface area contributed by atoms with Crippen LogP contribution in [0.4, 0.5) is 4.79 Å². The minimum absolute atomic E-state index is 0.00402. The van der Waals surface area contributed by atoms with Crippen LogP contribution in [0.25, 0.3) is 0 Å². The smallest absolute Gasteiger partial charge is 0.409 e.